The van der Waals surface area contributed by atoms with Crippen molar-refractivity contribution in [1.29, 1.82) is 0 Å². The average Bonchev–Trinajstić information content (AvgIpc) is 3.21. The molecule has 0 amide bonds. The van der Waals surface area contributed by atoms with Gasteiger partial charge < -0.3 is 14.1 Å². The summed E-state index contributed by atoms with van der Waals surface area (Å²) in [5.41, 5.74) is 4.52. The van der Waals surface area contributed by atoms with Crippen molar-refractivity contribution >= 4 is 45.1 Å². The first-order valence-corrected chi connectivity index (χ1v) is 21.2. The van der Waals surface area contributed by atoms with E-state index >= 15 is 0 Å². The van der Waals surface area contributed by atoms with Crippen LogP contribution in [0.1, 0.15) is 44.9 Å². The van der Waals surface area contributed by atoms with E-state index in [4.69, 9.17) is 14.3 Å². The third kappa shape index (κ3) is 7.94. The summed E-state index contributed by atoms with van der Waals surface area (Å²) in [6.07, 6.45) is 6.87. The van der Waals surface area contributed by atoms with Crippen LogP contribution in [-0.4, -0.2) is 52.0 Å². The van der Waals surface area contributed by atoms with Gasteiger partial charge in [-0.1, -0.05) is 76.8 Å². The number of aromatic nitrogens is 2. The molecule has 1 unspecified atom stereocenters. The summed E-state index contributed by atoms with van der Waals surface area (Å²) in [4.78, 5) is 2.51. The molecule has 0 aliphatic carbocycles. The third-order valence-corrected chi connectivity index (χ3v) is 14.5. The summed E-state index contributed by atoms with van der Waals surface area (Å²) in [5, 5.41) is 6.38. The minimum Gasteiger partial charge on any atom is -0.412 e. The van der Waals surface area contributed by atoms with Crippen LogP contribution in [0.4, 0.5) is 5.69 Å². The van der Waals surface area contributed by atoms with Crippen LogP contribution in [0.3, 0.4) is 0 Å². The lowest BCUT2D eigenvalue weighted by molar-refractivity contribution is 0.0816. The van der Waals surface area contributed by atoms with Crippen molar-refractivity contribution in [3.05, 3.63) is 59.8 Å². The van der Waals surface area contributed by atoms with Gasteiger partial charge in [-0.15, -0.1) is 0 Å². The fourth-order valence-electron chi connectivity index (χ4n) is 4.74. The Balaban J connectivity index is 1.58. The second-order valence-corrected chi connectivity index (χ2v) is 24.1. The summed E-state index contributed by atoms with van der Waals surface area (Å²) in [7, 11) is -2.94. The lowest BCUT2D eigenvalue weighted by Crippen LogP contribution is -2.49. The average molecular weight is 564 g/mol. The standard InChI is InChI=1S/C32H49N3O2Si2/c1-32(2,3)39(7,8)37-28-15-12-20-34(24-28)27-17-19-31-29(23-27)30(18-16-26-13-10-9-11-14-26)33-35(31)25-36-21-22-38(4,5)6/h9-11,13-14,16-19,23,28H,12,15,20-22,24-25H2,1-8H3. The summed E-state index contributed by atoms with van der Waals surface area (Å²) in [5.74, 6) is 0. The lowest BCUT2D eigenvalue weighted by Gasteiger charge is -2.43. The maximum Gasteiger partial charge on any atom is 0.192 e. The van der Waals surface area contributed by atoms with Gasteiger partial charge >= 0.3 is 0 Å². The maximum absolute atomic E-state index is 6.83. The van der Waals surface area contributed by atoms with Crippen molar-refractivity contribution < 1.29 is 9.16 Å². The first-order valence-electron chi connectivity index (χ1n) is 14.6. The number of fused-ring (bicyclic) bond motifs is 1. The molecule has 0 radical (unpaired) electrons. The molecule has 1 atom stereocenters. The van der Waals surface area contributed by atoms with Crippen molar-refractivity contribution in [3.63, 3.8) is 0 Å². The number of hydrogen-bond acceptors (Lipinski definition) is 4. The minimum absolute atomic E-state index is 0.222. The van der Waals surface area contributed by atoms with Crippen LogP contribution >= 0.6 is 0 Å². The van der Waals surface area contributed by atoms with Gasteiger partial charge in [0.1, 0.15) is 6.73 Å². The highest BCUT2D eigenvalue weighted by Gasteiger charge is 2.40. The van der Waals surface area contributed by atoms with Crippen molar-refractivity contribution in [2.45, 2.75) is 90.3 Å². The number of ether oxygens (including phenoxy) is 1. The molecule has 1 fully saturated rings. The molecule has 1 saturated heterocycles. The molecule has 2 aromatic carbocycles. The topological polar surface area (TPSA) is 39.5 Å². The smallest absolute Gasteiger partial charge is 0.192 e. The number of rotatable bonds is 10. The molecule has 0 bridgehead atoms. The molecule has 212 valence electrons. The Bertz CT molecular complexity index is 1260. The first-order chi connectivity index (χ1) is 18.3. The minimum atomic E-state index is -1.80. The second-order valence-electron chi connectivity index (χ2n) is 13.8. The Labute approximate surface area is 238 Å². The predicted molar refractivity (Wildman–Crippen MR) is 173 cm³/mol. The van der Waals surface area contributed by atoms with E-state index in [0.717, 1.165) is 49.8 Å². The van der Waals surface area contributed by atoms with Gasteiger partial charge in [0.2, 0.25) is 0 Å². The Morgan fingerprint density at radius 3 is 2.44 bits per heavy atom. The van der Waals surface area contributed by atoms with E-state index in [1.54, 1.807) is 0 Å². The summed E-state index contributed by atoms with van der Waals surface area (Å²) < 4.78 is 15.0. The molecular formula is C32H49N3O2Si2. The number of benzene rings is 2. The summed E-state index contributed by atoms with van der Waals surface area (Å²) in [6.45, 7) is 22.1. The Hall–Kier alpha value is -2.20. The van der Waals surface area contributed by atoms with Gasteiger partial charge in [0, 0.05) is 38.8 Å². The molecule has 2 heterocycles. The molecule has 0 spiro atoms. The Morgan fingerprint density at radius 2 is 1.74 bits per heavy atom. The van der Waals surface area contributed by atoms with E-state index in [9.17, 15) is 0 Å². The molecule has 39 heavy (non-hydrogen) atoms. The van der Waals surface area contributed by atoms with E-state index < -0.39 is 16.4 Å². The number of piperidine rings is 1. The Kier molecular flexibility index (Phi) is 9.26. The van der Waals surface area contributed by atoms with Gasteiger partial charge in [0.05, 0.1) is 17.3 Å². The molecule has 7 heteroatoms. The van der Waals surface area contributed by atoms with Crippen LogP contribution in [-0.2, 0) is 15.9 Å². The van der Waals surface area contributed by atoms with Gasteiger partial charge in [-0.25, -0.2) is 4.68 Å². The second kappa shape index (κ2) is 12.1. The molecule has 3 aromatic rings. The molecule has 0 N–H and O–H groups in total. The van der Waals surface area contributed by atoms with Gasteiger partial charge in [-0.05, 0) is 66.9 Å². The number of anilines is 1. The molecule has 1 aliphatic heterocycles. The molecule has 5 nitrogen and oxygen atoms in total. The van der Waals surface area contributed by atoms with Gasteiger partial charge in [0.15, 0.2) is 8.32 Å². The van der Waals surface area contributed by atoms with Gasteiger partial charge in [0.25, 0.3) is 0 Å². The zero-order chi connectivity index (χ0) is 28.3. The fraction of sp³-hybridized carbons (Fsp3) is 0.531. The van der Waals surface area contributed by atoms with E-state index in [0.29, 0.717) is 6.73 Å². The first kappa shape index (κ1) is 29.8. The van der Waals surface area contributed by atoms with Crippen LogP contribution in [0.2, 0.25) is 43.8 Å². The van der Waals surface area contributed by atoms with Crippen molar-refractivity contribution in [1.82, 2.24) is 9.78 Å². The predicted octanol–water partition coefficient (Wildman–Crippen LogP) is 8.51. The number of hydrogen-bond donors (Lipinski definition) is 0. The van der Waals surface area contributed by atoms with E-state index in [1.165, 1.54) is 16.6 Å². The normalized spacial score (nSPS) is 17.4. The zero-order valence-electron chi connectivity index (χ0n) is 25.5. The molecule has 4 rings (SSSR count). The summed E-state index contributed by atoms with van der Waals surface area (Å²) >= 11 is 0. The van der Waals surface area contributed by atoms with Gasteiger partial charge in [-0.3, -0.25) is 0 Å². The van der Waals surface area contributed by atoms with Crippen molar-refractivity contribution in [2.24, 2.45) is 0 Å². The number of nitrogens with zero attached hydrogens (tertiary/aromatic N) is 3. The van der Waals surface area contributed by atoms with E-state index in [2.05, 4.69) is 113 Å². The monoisotopic (exact) mass is 563 g/mol. The van der Waals surface area contributed by atoms with Crippen LogP contribution in [0.5, 0.6) is 0 Å². The van der Waals surface area contributed by atoms with E-state index in [1.807, 2.05) is 10.7 Å². The molecule has 0 saturated carbocycles. The zero-order valence-corrected chi connectivity index (χ0v) is 27.5. The van der Waals surface area contributed by atoms with Crippen LogP contribution in [0.15, 0.2) is 48.5 Å². The van der Waals surface area contributed by atoms with Crippen LogP contribution in [0.25, 0.3) is 23.1 Å². The summed E-state index contributed by atoms with van der Waals surface area (Å²) in [6, 6.07) is 18.4. The SMILES string of the molecule is CC(C)(C)[Si](C)(C)OC1CCCN(c2ccc3c(c2)c(C=Cc2ccccc2)nn3COCC[Si](C)(C)C)C1. The highest BCUT2D eigenvalue weighted by atomic mass is 28.4. The van der Waals surface area contributed by atoms with Crippen LogP contribution in [0, 0.1) is 0 Å². The van der Waals surface area contributed by atoms with Crippen LogP contribution < -0.4 is 4.90 Å². The largest absolute Gasteiger partial charge is 0.412 e. The maximum atomic E-state index is 6.83. The van der Waals surface area contributed by atoms with Crippen molar-refractivity contribution in [2.75, 3.05) is 24.6 Å². The van der Waals surface area contributed by atoms with E-state index in [-0.39, 0.29) is 11.1 Å². The highest BCUT2D eigenvalue weighted by Crippen LogP contribution is 2.38. The highest BCUT2D eigenvalue weighted by molar-refractivity contribution is 6.76. The van der Waals surface area contributed by atoms with Gasteiger partial charge in [-0.2, -0.15) is 5.10 Å². The third-order valence-electron chi connectivity index (χ3n) is 8.22. The Morgan fingerprint density at radius 1 is 1.00 bits per heavy atom. The molecule has 1 aliphatic rings. The van der Waals surface area contributed by atoms with Crippen molar-refractivity contribution in [3.8, 4) is 0 Å². The molecular weight excluding hydrogens is 515 g/mol. The lowest BCUT2D eigenvalue weighted by atomic mass is 10.1. The molecule has 1 aromatic heterocycles. The fourth-order valence-corrected chi connectivity index (χ4v) is 6.88. The quantitative estimate of drug-likeness (QED) is 0.183.